The number of aliphatic hydroxyl groups is 1. The molecular formula is C16H17N3O. The number of aromatic amines is 1. The van der Waals surface area contributed by atoms with E-state index in [4.69, 9.17) is 0 Å². The number of aromatic nitrogens is 2. The third kappa shape index (κ3) is 2.51. The highest BCUT2D eigenvalue weighted by Gasteiger charge is 2.22. The van der Waals surface area contributed by atoms with Gasteiger partial charge in [0, 0.05) is 0 Å². The maximum atomic E-state index is 10.5. The molecule has 0 fully saturated rings. The summed E-state index contributed by atoms with van der Waals surface area (Å²) in [5, 5.41) is 13.7. The highest BCUT2D eigenvalue weighted by atomic mass is 16.3. The zero-order valence-corrected chi connectivity index (χ0v) is 11.3. The molecule has 1 aromatic heterocycles. The molecule has 20 heavy (non-hydrogen) atoms. The molecule has 102 valence electrons. The van der Waals surface area contributed by atoms with Gasteiger partial charge in [-0.15, -0.1) is 0 Å². The van der Waals surface area contributed by atoms with Crippen molar-refractivity contribution >= 4 is 17.0 Å². The molecule has 1 heterocycles. The summed E-state index contributed by atoms with van der Waals surface area (Å²) < 4.78 is 0. The maximum Gasteiger partial charge on any atom is 0.201 e. The topological polar surface area (TPSA) is 60.9 Å². The summed E-state index contributed by atoms with van der Waals surface area (Å²) in [6, 6.07) is 17.5. The van der Waals surface area contributed by atoms with Crippen molar-refractivity contribution < 1.29 is 5.11 Å². The fourth-order valence-electron chi connectivity index (χ4n) is 2.19. The Bertz CT molecular complexity index is 671. The van der Waals surface area contributed by atoms with Gasteiger partial charge in [-0.05, 0) is 24.6 Å². The molecular weight excluding hydrogens is 250 g/mol. The summed E-state index contributed by atoms with van der Waals surface area (Å²) in [4.78, 5) is 7.62. The van der Waals surface area contributed by atoms with Gasteiger partial charge in [0.2, 0.25) is 5.95 Å². The first-order valence-electron chi connectivity index (χ1n) is 6.62. The van der Waals surface area contributed by atoms with Crippen LogP contribution in [0.25, 0.3) is 11.0 Å². The second-order valence-corrected chi connectivity index (χ2v) is 5.10. The van der Waals surface area contributed by atoms with Crippen molar-refractivity contribution in [3.8, 4) is 0 Å². The van der Waals surface area contributed by atoms with E-state index in [0.29, 0.717) is 12.5 Å². The van der Waals surface area contributed by atoms with Crippen LogP contribution >= 0.6 is 0 Å². The van der Waals surface area contributed by atoms with Crippen LogP contribution in [-0.2, 0) is 5.60 Å². The van der Waals surface area contributed by atoms with Crippen molar-refractivity contribution in [2.75, 3.05) is 11.9 Å². The van der Waals surface area contributed by atoms with Gasteiger partial charge >= 0.3 is 0 Å². The summed E-state index contributed by atoms with van der Waals surface area (Å²) >= 11 is 0. The monoisotopic (exact) mass is 267 g/mol. The van der Waals surface area contributed by atoms with Gasteiger partial charge in [-0.25, -0.2) is 4.98 Å². The number of nitrogens with zero attached hydrogens (tertiary/aromatic N) is 1. The van der Waals surface area contributed by atoms with E-state index in [0.717, 1.165) is 16.6 Å². The van der Waals surface area contributed by atoms with Crippen LogP contribution in [0.5, 0.6) is 0 Å². The molecule has 0 amide bonds. The number of nitrogens with one attached hydrogen (secondary N) is 2. The van der Waals surface area contributed by atoms with Gasteiger partial charge in [-0.1, -0.05) is 42.5 Å². The van der Waals surface area contributed by atoms with E-state index in [-0.39, 0.29) is 0 Å². The lowest BCUT2D eigenvalue weighted by atomic mass is 9.96. The number of anilines is 1. The number of hydrogen-bond donors (Lipinski definition) is 3. The molecule has 1 atom stereocenters. The molecule has 0 saturated heterocycles. The van der Waals surface area contributed by atoms with Crippen LogP contribution < -0.4 is 5.32 Å². The van der Waals surface area contributed by atoms with Crippen molar-refractivity contribution in [2.45, 2.75) is 12.5 Å². The van der Waals surface area contributed by atoms with Crippen LogP contribution in [-0.4, -0.2) is 21.6 Å². The van der Waals surface area contributed by atoms with Crippen molar-refractivity contribution in [1.29, 1.82) is 0 Å². The van der Waals surface area contributed by atoms with Gasteiger partial charge in [-0.2, -0.15) is 0 Å². The van der Waals surface area contributed by atoms with Crippen LogP contribution in [0.1, 0.15) is 12.5 Å². The van der Waals surface area contributed by atoms with Crippen LogP contribution in [0.4, 0.5) is 5.95 Å². The second kappa shape index (κ2) is 4.98. The number of fused-ring (bicyclic) bond motifs is 1. The first kappa shape index (κ1) is 12.7. The second-order valence-electron chi connectivity index (χ2n) is 5.10. The fourth-order valence-corrected chi connectivity index (χ4v) is 2.19. The van der Waals surface area contributed by atoms with E-state index < -0.39 is 5.60 Å². The summed E-state index contributed by atoms with van der Waals surface area (Å²) in [5.41, 5.74) is 1.83. The van der Waals surface area contributed by atoms with Gasteiger partial charge in [0.1, 0.15) is 5.60 Å². The van der Waals surface area contributed by atoms with Crippen molar-refractivity contribution in [3.63, 3.8) is 0 Å². The normalized spacial score (nSPS) is 14.1. The lowest BCUT2D eigenvalue weighted by Gasteiger charge is -2.24. The quantitative estimate of drug-likeness (QED) is 0.681. The number of H-pyrrole nitrogens is 1. The first-order chi connectivity index (χ1) is 9.65. The minimum atomic E-state index is -0.944. The van der Waals surface area contributed by atoms with Gasteiger partial charge in [0.05, 0.1) is 17.6 Å². The summed E-state index contributed by atoms with van der Waals surface area (Å²) in [6.07, 6.45) is 0. The molecule has 0 aliphatic heterocycles. The molecule has 2 aromatic carbocycles. The van der Waals surface area contributed by atoms with E-state index in [9.17, 15) is 5.11 Å². The molecule has 0 aliphatic rings. The highest BCUT2D eigenvalue weighted by Crippen LogP contribution is 2.21. The molecule has 4 nitrogen and oxygen atoms in total. The Kier molecular flexibility index (Phi) is 3.16. The smallest absolute Gasteiger partial charge is 0.201 e. The Hall–Kier alpha value is -2.33. The largest absolute Gasteiger partial charge is 0.384 e. The molecule has 3 aromatic rings. The third-order valence-corrected chi connectivity index (χ3v) is 3.39. The molecule has 3 rings (SSSR count). The van der Waals surface area contributed by atoms with E-state index in [1.54, 1.807) is 6.92 Å². The number of hydrogen-bond acceptors (Lipinski definition) is 3. The van der Waals surface area contributed by atoms with Crippen LogP contribution in [0.3, 0.4) is 0 Å². The zero-order chi connectivity index (χ0) is 14.0. The molecule has 0 saturated carbocycles. The number of benzene rings is 2. The third-order valence-electron chi connectivity index (χ3n) is 3.39. The Labute approximate surface area is 117 Å². The minimum Gasteiger partial charge on any atom is -0.384 e. The zero-order valence-electron chi connectivity index (χ0n) is 11.3. The Morgan fingerprint density at radius 3 is 2.55 bits per heavy atom. The SMILES string of the molecule is CC(O)(CNc1nc2ccccc2[nH]1)c1ccccc1. The van der Waals surface area contributed by atoms with E-state index in [1.165, 1.54) is 0 Å². The van der Waals surface area contributed by atoms with Gasteiger partial charge in [0.25, 0.3) is 0 Å². The van der Waals surface area contributed by atoms with Crippen LogP contribution in [0, 0.1) is 0 Å². The molecule has 0 spiro atoms. The molecule has 1 unspecified atom stereocenters. The van der Waals surface area contributed by atoms with E-state index >= 15 is 0 Å². The lowest BCUT2D eigenvalue weighted by Crippen LogP contribution is -2.30. The van der Waals surface area contributed by atoms with Gasteiger partial charge in [0.15, 0.2) is 0 Å². The fraction of sp³-hybridized carbons (Fsp3) is 0.188. The predicted octanol–water partition coefficient (Wildman–Crippen LogP) is 2.88. The average Bonchev–Trinajstić information content (AvgIpc) is 2.89. The average molecular weight is 267 g/mol. The number of imidazole rings is 1. The highest BCUT2D eigenvalue weighted by molar-refractivity contribution is 5.77. The van der Waals surface area contributed by atoms with Gasteiger partial charge < -0.3 is 15.4 Å². The number of para-hydroxylation sites is 2. The first-order valence-corrected chi connectivity index (χ1v) is 6.62. The summed E-state index contributed by atoms with van der Waals surface area (Å²) in [5.74, 6) is 0.669. The minimum absolute atomic E-state index is 0.386. The van der Waals surface area contributed by atoms with E-state index in [2.05, 4.69) is 15.3 Å². The Morgan fingerprint density at radius 1 is 1.10 bits per heavy atom. The van der Waals surface area contributed by atoms with Gasteiger partial charge in [-0.3, -0.25) is 0 Å². The molecule has 0 aliphatic carbocycles. The molecule has 0 bridgehead atoms. The maximum absolute atomic E-state index is 10.5. The Morgan fingerprint density at radius 2 is 1.80 bits per heavy atom. The summed E-state index contributed by atoms with van der Waals surface area (Å²) in [7, 11) is 0. The predicted molar refractivity (Wildman–Crippen MR) is 80.6 cm³/mol. The number of rotatable bonds is 4. The lowest BCUT2D eigenvalue weighted by molar-refractivity contribution is 0.0714. The van der Waals surface area contributed by atoms with Crippen molar-refractivity contribution in [1.82, 2.24) is 9.97 Å². The Balaban J connectivity index is 1.75. The van der Waals surface area contributed by atoms with Crippen molar-refractivity contribution in [3.05, 3.63) is 60.2 Å². The molecule has 3 N–H and O–H groups in total. The standard InChI is InChI=1S/C16H17N3O/c1-16(20,12-7-3-2-4-8-12)11-17-15-18-13-9-5-6-10-14(13)19-15/h2-10,20H,11H2,1H3,(H2,17,18,19). The molecule has 4 heteroatoms. The summed E-state index contributed by atoms with van der Waals surface area (Å²) in [6.45, 7) is 2.18. The van der Waals surface area contributed by atoms with Crippen LogP contribution in [0.15, 0.2) is 54.6 Å². The van der Waals surface area contributed by atoms with Crippen LogP contribution in [0.2, 0.25) is 0 Å². The van der Waals surface area contributed by atoms with Crippen molar-refractivity contribution in [2.24, 2.45) is 0 Å². The molecule has 0 radical (unpaired) electrons. The van der Waals surface area contributed by atoms with E-state index in [1.807, 2.05) is 54.6 Å².